The summed E-state index contributed by atoms with van der Waals surface area (Å²) in [5.74, 6) is -0.795. The van der Waals surface area contributed by atoms with E-state index in [4.69, 9.17) is 10.00 Å². The number of nitrogens with zero attached hydrogens (tertiary/aromatic N) is 1. The summed E-state index contributed by atoms with van der Waals surface area (Å²) >= 11 is 3.24. The van der Waals surface area contributed by atoms with Gasteiger partial charge in [0, 0.05) is 16.5 Å². The molecule has 0 N–H and O–H groups in total. The van der Waals surface area contributed by atoms with Crippen molar-refractivity contribution in [3.05, 3.63) is 77.1 Å². The number of alkyl halides is 1. The third-order valence-electron chi connectivity index (χ3n) is 3.06. The molecular formula is C18H13BrFNO2. The molecule has 0 aliphatic rings. The van der Waals surface area contributed by atoms with Crippen molar-refractivity contribution in [3.8, 4) is 11.8 Å². The van der Waals surface area contributed by atoms with Gasteiger partial charge in [-0.25, -0.2) is 4.39 Å². The fraction of sp³-hybridized carbons (Fsp3) is 0.111. The molecule has 2 aromatic rings. The number of nitriles is 1. The highest BCUT2D eigenvalue weighted by Gasteiger charge is 2.12. The Labute approximate surface area is 142 Å². The van der Waals surface area contributed by atoms with Gasteiger partial charge in [-0.15, -0.1) is 0 Å². The molecule has 0 aromatic heterocycles. The largest absolute Gasteiger partial charge is 0.486 e. The molecule has 0 fully saturated rings. The van der Waals surface area contributed by atoms with Gasteiger partial charge in [0.15, 0.2) is 17.3 Å². The topological polar surface area (TPSA) is 50.1 Å². The molecule has 2 rings (SSSR count). The lowest BCUT2D eigenvalue weighted by Gasteiger charge is -2.07. The molecule has 3 nitrogen and oxygen atoms in total. The van der Waals surface area contributed by atoms with Crippen LogP contribution in [0.15, 0.2) is 54.6 Å². The number of benzene rings is 2. The molecule has 0 bridgehead atoms. The zero-order valence-corrected chi connectivity index (χ0v) is 13.7. The number of allylic oxidation sites excluding steroid dienone is 1. The number of carbonyl (C=O) groups is 1. The van der Waals surface area contributed by atoms with Gasteiger partial charge in [-0.05, 0) is 42.5 Å². The molecule has 0 saturated carbocycles. The fourth-order valence-corrected chi connectivity index (χ4v) is 2.16. The normalized spacial score (nSPS) is 10.5. The van der Waals surface area contributed by atoms with Crippen molar-refractivity contribution in [1.82, 2.24) is 0 Å². The highest BCUT2D eigenvalue weighted by atomic mass is 79.9. The van der Waals surface area contributed by atoms with Crippen LogP contribution in [-0.2, 0) is 0 Å². The molecule has 23 heavy (non-hydrogen) atoms. The Balaban J connectivity index is 2.13. The number of carbonyl (C=O) groups excluding carboxylic acids is 1. The van der Waals surface area contributed by atoms with Crippen LogP contribution < -0.4 is 4.74 Å². The van der Waals surface area contributed by atoms with Crippen LogP contribution >= 0.6 is 15.9 Å². The number of rotatable bonds is 6. The molecule has 0 spiro atoms. The summed E-state index contributed by atoms with van der Waals surface area (Å²) in [6.45, 7) is 0.255. The first-order valence-electron chi connectivity index (χ1n) is 6.84. The Morgan fingerprint density at radius 2 is 1.87 bits per heavy atom. The summed E-state index contributed by atoms with van der Waals surface area (Å²) in [6.07, 6.45) is 3.62. The minimum atomic E-state index is -0.586. The predicted octanol–water partition coefficient (Wildman–Crippen LogP) is 4.26. The molecule has 5 heteroatoms. The quantitative estimate of drug-likeness (QED) is 0.431. The van der Waals surface area contributed by atoms with Crippen LogP contribution in [0.25, 0.3) is 0 Å². The molecule has 0 atom stereocenters. The van der Waals surface area contributed by atoms with Crippen LogP contribution in [0.2, 0.25) is 0 Å². The van der Waals surface area contributed by atoms with E-state index in [2.05, 4.69) is 15.9 Å². The molecule has 0 aliphatic carbocycles. The Bertz CT molecular complexity index is 764. The van der Waals surface area contributed by atoms with E-state index in [1.807, 2.05) is 12.1 Å². The second kappa shape index (κ2) is 8.25. The molecule has 0 unspecified atom stereocenters. The predicted molar refractivity (Wildman–Crippen MR) is 89.4 cm³/mol. The van der Waals surface area contributed by atoms with Crippen molar-refractivity contribution in [3.63, 3.8) is 0 Å². The maximum Gasteiger partial charge on any atom is 0.193 e. The van der Waals surface area contributed by atoms with Crippen molar-refractivity contribution in [1.29, 1.82) is 5.26 Å². The smallest absolute Gasteiger partial charge is 0.193 e. The summed E-state index contributed by atoms with van der Waals surface area (Å²) in [6, 6.07) is 12.3. The van der Waals surface area contributed by atoms with E-state index in [1.54, 1.807) is 30.3 Å². The second-order valence-electron chi connectivity index (χ2n) is 4.60. The van der Waals surface area contributed by atoms with Crippen molar-refractivity contribution >= 4 is 21.7 Å². The lowest BCUT2D eigenvalue weighted by Crippen LogP contribution is -2.03. The minimum absolute atomic E-state index is 0.0978. The van der Waals surface area contributed by atoms with Crippen LogP contribution in [0.4, 0.5) is 4.39 Å². The van der Waals surface area contributed by atoms with Gasteiger partial charge < -0.3 is 4.74 Å². The zero-order valence-electron chi connectivity index (χ0n) is 12.1. The lowest BCUT2D eigenvalue weighted by atomic mass is 10.0. The van der Waals surface area contributed by atoms with Gasteiger partial charge in [0.25, 0.3) is 0 Å². The van der Waals surface area contributed by atoms with E-state index in [1.165, 1.54) is 12.1 Å². The van der Waals surface area contributed by atoms with Crippen LogP contribution in [0, 0.1) is 17.1 Å². The summed E-state index contributed by atoms with van der Waals surface area (Å²) in [7, 11) is 0. The average Bonchev–Trinajstić information content (AvgIpc) is 2.59. The molecule has 116 valence electrons. The maximum absolute atomic E-state index is 14.0. The van der Waals surface area contributed by atoms with E-state index in [-0.39, 0.29) is 23.7 Å². The Morgan fingerprint density at radius 1 is 1.17 bits per heavy atom. The SMILES string of the molecule is N#Cc1ccc(C(=O)c2ccc(OC/C=C/CBr)c(F)c2)cc1. The molecule has 0 aliphatic heterocycles. The van der Waals surface area contributed by atoms with Gasteiger partial charge >= 0.3 is 0 Å². The van der Waals surface area contributed by atoms with E-state index in [0.717, 1.165) is 6.07 Å². The first-order chi connectivity index (χ1) is 11.2. The summed E-state index contributed by atoms with van der Waals surface area (Å²) < 4.78 is 19.3. The van der Waals surface area contributed by atoms with Crippen molar-refractivity contribution in [2.75, 3.05) is 11.9 Å². The zero-order chi connectivity index (χ0) is 16.7. The summed E-state index contributed by atoms with van der Waals surface area (Å²) in [5, 5.41) is 9.45. The van der Waals surface area contributed by atoms with Gasteiger partial charge in [0.1, 0.15) is 6.61 Å². The first kappa shape index (κ1) is 16.9. The Hall–Kier alpha value is -2.45. The van der Waals surface area contributed by atoms with Crippen molar-refractivity contribution in [2.24, 2.45) is 0 Å². The summed E-state index contributed by atoms with van der Waals surface area (Å²) in [4.78, 5) is 12.3. The minimum Gasteiger partial charge on any atom is -0.486 e. The van der Waals surface area contributed by atoms with Crippen molar-refractivity contribution < 1.29 is 13.9 Å². The van der Waals surface area contributed by atoms with Gasteiger partial charge in [0.05, 0.1) is 11.6 Å². The summed E-state index contributed by atoms with van der Waals surface area (Å²) in [5.41, 5.74) is 1.10. The third kappa shape index (κ3) is 4.51. The number of ketones is 1. The molecule has 2 aromatic carbocycles. The average molecular weight is 374 g/mol. The fourth-order valence-electron chi connectivity index (χ4n) is 1.89. The van der Waals surface area contributed by atoms with E-state index < -0.39 is 5.82 Å². The highest BCUT2D eigenvalue weighted by molar-refractivity contribution is 9.09. The van der Waals surface area contributed by atoms with Crippen LogP contribution in [-0.4, -0.2) is 17.7 Å². The van der Waals surface area contributed by atoms with E-state index >= 15 is 0 Å². The van der Waals surface area contributed by atoms with Crippen LogP contribution in [0.5, 0.6) is 5.75 Å². The van der Waals surface area contributed by atoms with Crippen LogP contribution in [0.1, 0.15) is 21.5 Å². The molecule has 0 heterocycles. The second-order valence-corrected chi connectivity index (χ2v) is 5.25. The standard InChI is InChI=1S/C18H13BrFNO2/c19-9-1-2-10-23-17-8-7-15(11-16(17)20)18(22)14-5-3-13(12-21)4-6-14/h1-8,11H,9-10H2/b2-1+. The monoisotopic (exact) mass is 373 g/mol. The number of hydrogen-bond acceptors (Lipinski definition) is 3. The van der Waals surface area contributed by atoms with E-state index in [9.17, 15) is 9.18 Å². The molecule has 0 amide bonds. The highest BCUT2D eigenvalue weighted by Crippen LogP contribution is 2.20. The van der Waals surface area contributed by atoms with Crippen LogP contribution in [0.3, 0.4) is 0 Å². The lowest BCUT2D eigenvalue weighted by molar-refractivity contribution is 0.103. The number of ether oxygens (including phenoxy) is 1. The number of halogens is 2. The number of hydrogen-bond donors (Lipinski definition) is 0. The maximum atomic E-state index is 14.0. The van der Waals surface area contributed by atoms with Gasteiger partial charge in [0.2, 0.25) is 0 Å². The third-order valence-corrected chi connectivity index (χ3v) is 3.43. The van der Waals surface area contributed by atoms with Gasteiger partial charge in [-0.3, -0.25) is 4.79 Å². The van der Waals surface area contributed by atoms with Gasteiger partial charge in [-0.2, -0.15) is 5.26 Å². The van der Waals surface area contributed by atoms with Crippen molar-refractivity contribution in [2.45, 2.75) is 0 Å². The molecule has 0 saturated heterocycles. The van der Waals surface area contributed by atoms with E-state index in [0.29, 0.717) is 16.5 Å². The first-order valence-corrected chi connectivity index (χ1v) is 7.96. The Kier molecular flexibility index (Phi) is 6.07. The molecule has 0 radical (unpaired) electrons. The Morgan fingerprint density at radius 3 is 2.48 bits per heavy atom. The molecular weight excluding hydrogens is 361 g/mol. The van der Waals surface area contributed by atoms with Gasteiger partial charge in [-0.1, -0.05) is 28.1 Å².